The zero-order valence-corrected chi connectivity index (χ0v) is 11.4. The lowest BCUT2D eigenvalue weighted by Gasteiger charge is -2.31. The fraction of sp³-hybridized carbons (Fsp3) is 0.533. The topological polar surface area (TPSA) is 40.5 Å². The van der Waals surface area contributed by atoms with Crippen LogP contribution in [0, 0.1) is 0 Å². The highest BCUT2D eigenvalue weighted by Gasteiger charge is 2.26. The number of fused-ring (bicyclic) bond motifs is 1. The molecule has 1 aliphatic heterocycles. The maximum Gasteiger partial charge on any atom is 0.304 e. The number of nitrogens with zero attached hydrogens (tertiary/aromatic N) is 1. The van der Waals surface area contributed by atoms with Gasteiger partial charge in [0.25, 0.3) is 0 Å². The Hall–Kier alpha value is -1.51. The molecule has 1 aromatic carbocycles. The number of carbonyl (C=O) groups is 1. The summed E-state index contributed by atoms with van der Waals surface area (Å²) in [6.07, 6.45) is 2.48. The lowest BCUT2D eigenvalue weighted by Crippen LogP contribution is -2.27. The van der Waals surface area contributed by atoms with Crippen molar-refractivity contribution in [2.75, 3.05) is 18.5 Å². The minimum absolute atomic E-state index is 0.162. The van der Waals surface area contributed by atoms with Crippen LogP contribution in [-0.2, 0) is 16.6 Å². The molecule has 0 bridgehead atoms. The summed E-state index contributed by atoms with van der Waals surface area (Å²) in [5.74, 6) is -0.744. The largest absolute Gasteiger partial charge is 0.481 e. The highest BCUT2D eigenvalue weighted by molar-refractivity contribution is 5.69. The normalized spacial score (nSPS) is 15.4. The Bertz CT molecular complexity index is 466. The van der Waals surface area contributed by atoms with Crippen LogP contribution >= 0.6 is 0 Å². The second kappa shape index (κ2) is 4.63. The van der Waals surface area contributed by atoms with Crippen molar-refractivity contribution >= 4 is 11.7 Å². The summed E-state index contributed by atoms with van der Waals surface area (Å²) in [5.41, 5.74) is 3.42. The zero-order chi connectivity index (χ0) is 13.3. The van der Waals surface area contributed by atoms with Crippen molar-refractivity contribution in [3.05, 3.63) is 29.3 Å². The standard InChI is InChI=1S/C15H21NO2/c1-15(2,10-14(17)18)12-7-6-11-5-4-8-16(3)13(11)9-12/h6-7,9H,4-5,8,10H2,1-3H3,(H,17,18). The minimum Gasteiger partial charge on any atom is -0.481 e. The lowest BCUT2D eigenvalue weighted by molar-refractivity contribution is -0.138. The summed E-state index contributed by atoms with van der Waals surface area (Å²) >= 11 is 0. The Morgan fingerprint density at radius 3 is 2.83 bits per heavy atom. The predicted octanol–water partition coefficient (Wildman–Crippen LogP) is 2.82. The number of carboxylic acid groups (broad SMARTS) is 1. The van der Waals surface area contributed by atoms with Crippen molar-refractivity contribution in [2.24, 2.45) is 0 Å². The number of carboxylic acids is 1. The number of hydrogen-bond acceptors (Lipinski definition) is 2. The first kappa shape index (κ1) is 12.9. The maximum atomic E-state index is 10.9. The van der Waals surface area contributed by atoms with E-state index < -0.39 is 5.97 Å². The van der Waals surface area contributed by atoms with Gasteiger partial charge in [-0.3, -0.25) is 4.79 Å². The second-order valence-electron chi connectivity index (χ2n) is 5.82. The van der Waals surface area contributed by atoms with E-state index in [-0.39, 0.29) is 11.8 Å². The summed E-state index contributed by atoms with van der Waals surface area (Å²) in [6, 6.07) is 6.41. The van der Waals surface area contributed by atoms with Crippen LogP contribution in [0.4, 0.5) is 5.69 Å². The maximum absolute atomic E-state index is 10.9. The van der Waals surface area contributed by atoms with Gasteiger partial charge in [-0.25, -0.2) is 0 Å². The number of rotatable bonds is 3. The van der Waals surface area contributed by atoms with Gasteiger partial charge in [0.15, 0.2) is 0 Å². The number of benzene rings is 1. The monoisotopic (exact) mass is 247 g/mol. The third-order valence-electron chi connectivity index (χ3n) is 3.81. The van der Waals surface area contributed by atoms with Gasteiger partial charge in [0.2, 0.25) is 0 Å². The Labute approximate surface area is 108 Å². The van der Waals surface area contributed by atoms with E-state index in [0.29, 0.717) is 0 Å². The fourth-order valence-electron chi connectivity index (χ4n) is 2.66. The molecule has 98 valence electrons. The lowest BCUT2D eigenvalue weighted by atomic mass is 9.80. The summed E-state index contributed by atoms with van der Waals surface area (Å²) in [4.78, 5) is 13.2. The smallest absolute Gasteiger partial charge is 0.304 e. The molecule has 0 aliphatic carbocycles. The van der Waals surface area contributed by atoms with E-state index in [0.717, 1.165) is 18.5 Å². The first-order chi connectivity index (χ1) is 8.40. The van der Waals surface area contributed by atoms with Crippen LogP contribution in [0.2, 0.25) is 0 Å². The molecule has 0 atom stereocenters. The molecule has 0 saturated heterocycles. The van der Waals surface area contributed by atoms with Gasteiger partial charge in [-0.15, -0.1) is 0 Å². The summed E-state index contributed by atoms with van der Waals surface area (Å²) in [7, 11) is 2.10. The van der Waals surface area contributed by atoms with Crippen molar-refractivity contribution in [1.29, 1.82) is 0 Å². The van der Waals surface area contributed by atoms with Gasteiger partial charge in [0.1, 0.15) is 0 Å². The van der Waals surface area contributed by atoms with Gasteiger partial charge in [-0.1, -0.05) is 26.0 Å². The van der Waals surface area contributed by atoms with Crippen molar-refractivity contribution in [3.63, 3.8) is 0 Å². The molecule has 1 heterocycles. The van der Waals surface area contributed by atoms with Crippen LogP contribution in [0.5, 0.6) is 0 Å². The summed E-state index contributed by atoms with van der Waals surface area (Å²) in [5, 5.41) is 8.99. The van der Waals surface area contributed by atoms with E-state index in [1.165, 1.54) is 17.7 Å². The third kappa shape index (κ3) is 2.50. The SMILES string of the molecule is CN1CCCc2ccc(C(C)(C)CC(=O)O)cc21. The van der Waals surface area contributed by atoms with Gasteiger partial charge < -0.3 is 10.0 Å². The Morgan fingerprint density at radius 2 is 2.17 bits per heavy atom. The van der Waals surface area contributed by atoms with E-state index >= 15 is 0 Å². The van der Waals surface area contributed by atoms with Crippen molar-refractivity contribution in [3.8, 4) is 0 Å². The summed E-state index contributed by atoms with van der Waals surface area (Å²) < 4.78 is 0. The molecule has 1 aromatic rings. The molecular weight excluding hydrogens is 226 g/mol. The van der Waals surface area contributed by atoms with E-state index in [4.69, 9.17) is 5.11 Å². The number of aryl methyl sites for hydroxylation is 1. The average Bonchev–Trinajstić information content (AvgIpc) is 2.27. The van der Waals surface area contributed by atoms with Crippen molar-refractivity contribution < 1.29 is 9.90 Å². The molecule has 0 radical (unpaired) electrons. The Balaban J connectivity index is 2.35. The number of aliphatic carboxylic acids is 1. The van der Waals surface area contributed by atoms with Crippen LogP contribution in [-0.4, -0.2) is 24.7 Å². The van der Waals surface area contributed by atoms with Gasteiger partial charge in [0.05, 0.1) is 6.42 Å². The highest BCUT2D eigenvalue weighted by atomic mass is 16.4. The highest BCUT2D eigenvalue weighted by Crippen LogP contribution is 2.33. The molecule has 3 heteroatoms. The zero-order valence-electron chi connectivity index (χ0n) is 11.4. The molecule has 0 aromatic heterocycles. The molecule has 3 nitrogen and oxygen atoms in total. The van der Waals surface area contributed by atoms with Crippen LogP contribution in [0.25, 0.3) is 0 Å². The van der Waals surface area contributed by atoms with E-state index in [1.807, 2.05) is 13.8 Å². The predicted molar refractivity (Wildman–Crippen MR) is 73.3 cm³/mol. The van der Waals surface area contributed by atoms with Crippen molar-refractivity contribution in [1.82, 2.24) is 0 Å². The molecule has 0 unspecified atom stereocenters. The van der Waals surface area contributed by atoms with Gasteiger partial charge in [0, 0.05) is 24.7 Å². The van der Waals surface area contributed by atoms with Crippen LogP contribution < -0.4 is 4.90 Å². The molecule has 0 amide bonds. The van der Waals surface area contributed by atoms with Gasteiger partial charge in [-0.05, 0) is 30.0 Å². The Kier molecular flexibility index (Phi) is 3.33. The molecule has 1 N–H and O–H groups in total. The quantitative estimate of drug-likeness (QED) is 0.893. The molecule has 0 saturated carbocycles. The average molecular weight is 247 g/mol. The van der Waals surface area contributed by atoms with Crippen LogP contribution in [0.3, 0.4) is 0 Å². The molecule has 2 rings (SSSR count). The number of hydrogen-bond donors (Lipinski definition) is 1. The minimum atomic E-state index is -0.744. The third-order valence-corrected chi connectivity index (χ3v) is 3.81. The first-order valence-electron chi connectivity index (χ1n) is 6.46. The van der Waals surface area contributed by atoms with E-state index in [2.05, 4.69) is 30.1 Å². The van der Waals surface area contributed by atoms with Crippen LogP contribution in [0.15, 0.2) is 18.2 Å². The molecule has 18 heavy (non-hydrogen) atoms. The summed E-state index contributed by atoms with van der Waals surface area (Å²) in [6.45, 7) is 5.06. The first-order valence-corrected chi connectivity index (χ1v) is 6.46. The molecule has 1 aliphatic rings. The molecule has 0 spiro atoms. The second-order valence-corrected chi connectivity index (χ2v) is 5.82. The Morgan fingerprint density at radius 1 is 1.44 bits per heavy atom. The van der Waals surface area contributed by atoms with Crippen molar-refractivity contribution in [2.45, 2.75) is 38.5 Å². The van der Waals surface area contributed by atoms with Gasteiger partial charge >= 0.3 is 5.97 Å². The fourth-order valence-corrected chi connectivity index (χ4v) is 2.66. The number of anilines is 1. The van der Waals surface area contributed by atoms with Gasteiger partial charge in [-0.2, -0.15) is 0 Å². The van der Waals surface area contributed by atoms with E-state index in [1.54, 1.807) is 0 Å². The van der Waals surface area contributed by atoms with Crippen LogP contribution in [0.1, 0.15) is 37.8 Å². The molecular formula is C15H21NO2. The molecule has 0 fully saturated rings. The van der Waals surface area contributed by atoms with E-state index in [9.17, 15) is 4.79 Å².